The summed E-state index contributed by atoms with van der Waals surface area (Å²) in [4.78, 5) is 17.9. The molecule has 41 heavy (non-hydrogen) atoms. The predicted molar refractivity (Wildman–Crippen MR) is 169 cm³/mol. The lowest BCUT2D eigenvalue weighted by atomic mass is 10.1. The van der Waals surface area contributed by atoms with Gasteiger partial charge in [0, 0.05) is 42.7 Å². The van der Waals surface area contributed by atoms with Gasteiger partial charge in [0.15, 0.2) is 0 Å². The number of fused-ring (bicyclic) bond motifs is 1. The zero-order chi connectivity index (χ0) is 29.5. The summed E-state index contributed by atoms with van der Waals surface area (Å²) in [5.74, 6) is 1.23. The van der Waals surface area contributed by atoms with Gasteiger partial charge in [0.05, 0.1) is 40.0 Å². The third-order valence-corrected chi connectivity index (χ3v) is 9.95. The summed E-state index contributed by atoms with van der Waals surface area (Å²) in [6.07, 6.45) is 8.41. The lowest BCUT2D eigenvalue weighted by molar-refractivity contribution is 0.417. The summed E-state index contributed by atoms with van der Waals surface area (Å²) in [6, 6.07) is 7.30. The second kappa shape index (κ2) is 11.0. The molecule has 0 aliphatic carbocycles. The van der Waals surface area contributed by atoms with Gasteiger partial charge in [0.2, 0.25) is 5.95 Å². The van der Waals surface area contributed by atoms with Crippen LogP contribution in [0.2, 0.25) is 0 Å². The van der Waals surface area contributed by atoms with Crippen LogP contribution in [0.1, 0.15) is 0 Å². The van der Waals surface area contributed by atoms with Crippen LogP contribution in [-0.4, -0.2) is 63.5 Å². The molecule has 0 saturated carbocycles. The summed E-state index contributed by atoms with van der Waals surface area (Å²) >= 11 is 3.52. The number of hydrogen-bond donors (Lipinski definition) is 2. The van der Waals surface area contributed by atoms with Gasteiger partial charge in [-0.1, -0.05) is 0 Å². The zero-order valence-electron chi connectivity index (χ0n) is 23.4. The summed E-state index contributed by atoms with van der Waals surface area (Å²) < 4.78 is 34.5. The summed E-state index contributed by atoms with van der Waals surface area (Å²) in [7, 11) is -2.05. The number of nitrogens with one attached hydrogen (secondary N) is 2. The van der Waals surface area contributed by atoms with Crippen LogP contribution in [-0.2, 0) is 16.2 Å². The van der Waals surface area contributed by atoms with Crippen molar-refractivity contribution in [3.05, 3.63) is 59.7 Å². The van der Waals surface area contributed by atoms with E-state index >= 15 is 0 Å². The first kappa shape index (κ1) is 28.9. The molecule has 3 heterocycles. The molecule has 0 amide bonds. The number of aromatic nitrogens is 6. The van der Waals surface area contributed by atoms with Crippen LogP contribution >= 0.6 is 30.2 Å². The SMILES string of the molecule is COc1cc(P(C)(C)=O)c(-c2cnn(C)c2)cc1Nc1ncc(Br)c(Nc2ccc3nccnc3c2P(C)(C)=O)n1. The van der Waals surface area contributed by atoms with E-state index in [0.717, 1.165) is 11.1 Å². The van der Waals surface area contributed by atoms with E-state index in [0.29, 0.717) is 49.1 Å². The fourth-order valence-electron chi connectivity index (χ4n) is 4.50. The maximum atomic E-state index is 13.3. The molecule has 5 aromatic rings. The van der Waals surface area contributed by atoms with Crippen LogP contribution in [0.4, 0.5) is 23.1 Å². The number of halogens is 1. The lowest BCUT2D eigenvalue weighted by Crippen LogP contribution is -2.14. The second-order valence-corrected chi connectivity index (χ2v) is 17.4. The van der Waals surface area contributed by atoms with Crippen LogP contribution < -0.4 is 26.0 Å². The molecule has 0 bridgehead atoms. The first-order chi connectivity index (χ1) is 19.3. The number of benzene rings is 2. The first-order valence-electron chi connectivity index (χ1n) is 12.5. The topological polar surface area (TPSA) is 137 Å². The molecule has 2 N–H and O–H groups in total. The largest absolute Gasteiger partial charge is 0.495 e. The van der Waals surface area contributed by atoms with Crippen molar-refractivity contribution in [2.75, 3.05) is 44.4 Å². The van der Waals surface area contributed by atoms with E-state index in [1.807, 2.05) is 31.4 Å². The minimum absolute atomic E-state index is 0.286. The number of methoxy groups -OCH3 is 1. The van der Waals surface area contributed by atoms with E-state index in [2.05, 4.69) is 51.6 Å². The molecular weight excluding hydrogens is 626 g/mol. The Bertz CT molecular complexity index is 1880. The van der Waals surface area contributed by atoms with Crippen molar-refractivity contribution in [2.45, 2.75) is 0 Å². The molecule has 0 fully saturated rings. The van der Waals surface area contributed by atoms with E-state index in [4.69, 9.17) is 4.74 Å². The standard InChI is InChI=1S/C27H29BrN8O3P2/c1-36-15-16(13-32-36)17-11-21(22(39-2)12-23(17)40(3,4)37)34-27-31-14-18(28)26(35-27)33-20-8-7-19-24(30-10-9-29-19)25(20)41(5,6)38/h7-15H,1-6H3,(H2,31,33,34,35). The Balaban J connectivity index is 1.57. The van der Waals surface area contributed by atoms with E-state index < -0.39 is 14.3 Å². The number of anilines is 4. The minimum atomic E-state index is -2.77. The predicted octanol–water partition coefficient (Wildman–Crippen LogP) is 5.57. The quantitative estimate of drug-likeness (QED) is 0.204. The van der Waals surface area contributed by atoms with Crippen molar-refractivity contribution in [3.63, 3.8) is 0 Å². The molecule has 0 atom stereocenters. The number of rotatable bonds is 8. The Morgan fingerprint density at radius 2 is 1.68 bits per heavy atom. The number of aryl methyl sites for hydroxylation is 1. The molecular formula is C27H29BrN8O3P2. The Hall–Kier alpha value is -3.59. The van der Waals surface area contributed by atoms with Gasteiger partial charge in [-0.05, 0) is 72.4 Å². The highest BCUT2D eigenvalue weighted by atomic mass is 79.9. The first-order valence-corrected chi connectivity index (χ1v) is 18.5. The summed E-state index contributed by atoms with van der Waals surface area (Å²) in [6.45, 7) is 6.85. The maximum Gasteiger partial charge on any atom is 0.229 e. The Morgan fingerprint density at radius 1 is 0.927 bits per heavy atom. The van der Waals surface area contributed by atoms with Gasteiger partial charge in [0.1, 0.15) is 31.4 Å². The normalized spacial score (nSPS) is 12.0. The molecule has 11 nitrogen and oxygen atoms in total. The average Bonchev–Trinajstić information content (AvgIpc) is 3.35. The van der Waals surface area contributed by atoms with Crippen molar-refractivity contribution in [1.29, 1.82) is 0 Å². The van der Waals surface area contributed by atoms with Gasteiger partial charge >= 0.3 is 0 Å². The average molecular weight is 655 g/mol. The van der Waals surface area contributed by atoms with E-state index in [9.17, 15) is 9.13 Å². The number of nitrogens with zero attached hydrogens (tertiary/aromatic N) is 6. The number of hydrogen-bond acceptors (Lipinski definition) is 10. The Labute approximate surface area is 246 Å². The molecule has 0 radical (unpaired) electrons. The van der Waals surface area contributed by atoms with Crippen molar-refractivity contribution < 1.29 is 13.9 Å². The van der Waals surface area contributed by atoms with Crippen molar-refractivity contribution in [1.82, 2.24) is 29.7 Å². The summed E-state index contributed by atoms with van der Waals surface area (Å²) in [5.41, 5.74) is 4.03. The summed E-state index contributed by atoms with van der Waals surface area (Å²) in [5, 5.41) is 12.1. The Morgan fingerprint density at radius 3 is 2.34 bits per heavy atom. The van der Waals surface area contributed by atoms with Gasteiger partial charge in [-0.2, -0.15) is 10.1 Å². The van der Waals surface area contributed by atoms with E-state index in [1.165, 1.54) is 0 Å². The van der Waals surface area contributed by atoms with Gasteiger partial charge in [-0.15, -0.1) is 0 Å². The van der Waals surface area contributed by atoms with Gasteiger partial charge < -0.3 is 24.5 Å². The van der Waals surface area contributed by atoms with Crippen LogP contribution in [0.25, 0.3) is 22.2 Å². The van der Waals surface area contributed by atoms with E-state index in [1.54, 1.807) is 69.3 Å². The zero-order valence-corrected chi connectivity index (χ0v) is 26.8. The molecule has 0 saturated heterocycles. The highest BCUT2D eigenvalue weighted by Gasteiger charge is 2.24. The number of ether oxygens (including phenoxy) is 1. The molecule has 0 spiro atoms. The van der Waals surface area contributed by atoms with Gasteiger partial charge in [0.25, 0.3) is 0 Å². The molecule has 2 aromatic carbocycles. The maximum absolute atomic E-state index is 13.3. The molecule has 14 heteroatoms. The molecule has 0 unspecified atom stereocenters. The lowest BCUT2D eigenvalue weighted by Gasteiger charge is -2.19. The van der Waals surface area contributed by atoms with Gasteiger partial charge in [-0.25, -0.2) is 4.98 Å². The van der Waals surface area contributed by atoms with Crippen molar-refractivity contribution >= 4 is 75.0 Å². The third kappa shape index (κ3) is 6.05. The smallest absolute Gasteiger partial charge is 0.229 e. The van der Waals surface area contributed by atoms with Crippen molar-refractivity contribution in [3.8, 4) is 16.9 Å². The monoisotopic (exact) mass is 654 g/mol. The molecule has 5 rings (SSSR count). The Kier molecular flexibility index (Phi) is 7.76. The van der Waals surface area contributed by atoms with Crippen LogP contribution in [0, 0.1) is 0 Å². The molecule has 0 aliphatic heterocycles. The second-order valence-electron chi connectivity index (χ2n) is 10.2. The van der Waals surface area contributed by atoms with Crippen LogP contribution in [0.5, 0.6) is 5.75 Å². The highest BCUT2D eigenvalue weighted by molar-refractivity contribution is 9.10. The third-order valence-electron chi connectivity index (χ3n) is 6.31. The molecule has 0 aliphatic rings. The highest BCUT2D eigenvalue weighted by Crippen LogP contribution is 2.44. The van der Waals surface area contributed by atoms with Crippen LogP contribution in [0.3, 0.4) is 0 Å². The van der Waals surface area contributed by atoms with Gasteiger partial charge in [-0.3, -0.25) is 14.6 Å². The van der Waals surface area contributed by atoms with Crippen molar-refractivity contribution in [2.24, 2.45) is 7.05 Å². The van der Waals surface area contributed by atoms with E-state index in [-0.39, 0.29) is 5.95 Å². The molecule has 212 valence electrons. The fourth-order valence-corrected chi connectivity index (χ4v) is 7.39. The minimum Gasteiger partial charge on any atom is -0.495 e. The fraction of sp³-hybridized carbons (Fsp3) is 0.222. The van der Waals surface area contributed by atoms with Crippen LogP contribution in [0.15, 0.2) is 59.7 Å². The molecule has 3 aromatic heterocycles.